The third kappa shape index (κ3) is 4.05. The van der Waals surface area contributed by atoms with Crippen molar-refractivity contribution in [3.8, 4) is 40.1 Å². The van der Waals surface area contributed by atoms with Gasteiger partial charge < -0.3 is 49.3 Å². The first-order chi connectivity index (χ1) is 16.1. The van der Waals surface area contributed by atoms with Crippen molar-refractivity contribution in [3.05, 3.63) is 40.6 Å². The molecule has 4 atom stereocenters. The Morgan fingerprint density at radius 1 is 1.06 bits per heavy atom. The fourth-order valence-electron chi connectivity index (χ4n) is 3.63. The van der Waals surface area contributed by atoms with Crippen LogP contribution in [0, 0.1) is 0 Å². The molecular weight excluding hydrogens is 456 g/mol. The number of phenols is 4. The molecule has 12 nitrogen and oxygen atoms in total. The quantitative estimate of drug-likeness (QED) is 0.223. The van der Waals surface area contributed by atoms with Gasteiger partial charge in [-0.15, -0.1) is 0 Å². The van der Waals surface area contributed by atoms with Crippen molar-refractivity contribution in [2.24, 2.45) is 0 Å². The van der Waals surface area contributed by atoms with Crippen LogP contribution < -0.4 is 10.2 Å². The average Bonchev–Trinajstić information content (AvgIpc) is 3.05. The van der Waals surface area contributed by atoms with Gasteiger partial charge in [0.1, 0.15) is 28.6 Å². The maximum absolute atomic E-state index is 13.3. The van der Waals surface area contributed by atoms with Crippen LogP contribution >= 0.6 is 0 Å². The molecule has 0 amide bonds. The fraction of sp³-hybridized carbons (Fsp3) is 0.273. The van der Waals surface area contributed by atoms with Gasteiger partial charge in [-0.3, -0.25) is 9.59 Å². The second kappa shape index (κ2) is 8.74. The number of hydrogen-bond donors (Lipinski definition) is 6. The van der Waals surface area contributed by atoms with Gasteiger partial charge in [0.2, 0.25) is 17.5 Å². The number of benzene rings is 2. The van der Waals surface area contributed by atoms with Gasteiger partial charge in [-0.05, 0) is 18.2 Å². The molecule has 0 aliphatic carbocycles. The molecule has 34 heavy (non-hydrogen) atoms. The van der Waals surface area contributed by atoms with E-state index in [1.165, 1.54) is 6.07 Å². The maximum Gasteiger partial charge on any atom is 0.303 e. The highest BCUT2D eigenvalue weighted by Crippen LogP contribution is 2.39. The summed E-state index contributed by atoms with van der Waals surface area (Å²) in [6, 6.07) is 5.47. The molecule has 12 heteroatoms. The molecule has 0 radical (unpaired) electrons. The summed E-state index contributed by atoms with van der Waals surface area (Å²) in [5.74, 6) is -3.63. The molecular formula is C22H20O12. The number of aromatic hydroxyl groups is 4. The van der Waals surface area contributed by atoms with Crippen LogP contribution in [0.5, 0.6) is 28.7 Å². The Balaban J connectivity index is 1.87. The lowest BCUT2D eigenvalue weighted by molar-refractivity contribution is -0.153. The second-order valence-corrected chi connectivity index (χ2v) is 7.54. The molecule has 180 valence electrons. The van der Waals surface area contributed by atoms with Crippen LogP contribution in [0.25, 0.3) is 22.3 Å². The second-order valence-electron chi connectivity index (χ2n) is 7.54. The van der Waals surface area contributed by atoms with Crippen molar-refractivity contribution >= 4 is 16.9 Å². The Bertz CT molecular complexity index is 1310. The first kappa shape index (κ1) is 23.2. The summed E-state index contributed by atoms with van der Waals surface area (Å²) >= 11 is 0. The molecule has 1 aliphatic rings. The van der Waals surface area contributed by atoms with E-state index in [4.69, 9.17) is 18.6 Å². The number of aliphatic hydroxyl groups excluding tert-OH is 2. The third-order valence-electron chi connectivity index (χ3n) is 5.16. The monoisotopic (exact) mass is 476 g/mol. The van der Waals surface area contributed by atoms with Crippen LogP contribution in [0.3, 0.4) is 0 Å². The standard InChI is InChI=1S/C22H20O12/c1-8(24)31-20-15(7-23)33-22(18(20)30)34-21-17(29)16-13(28)5-10(25)6-14(16)32-19(21)9-2-3-11(26)12(27)4-9/h2-6,15,18,20,22-23,25-28,30H,7H2,1H3/t15-,18+,20-,22-/m0/s1. The molecule has 0 saturated carbocycles. The third-order valence-corrected chi connectivity index (χ3v) is 5.16. The number of esters is 1. The summed E-state index contributed by atoms with van der Waals surface area (Å²) in [6.45, 7) is 0.459. The Labute approximate surface area is 190 Å². The normalized spacial score (nSPS) is 22.1. The Hall–Kier alpha value is -4.00. The number of carbonyl (C=O) groups excluding carboxylic acids is 1. The zero-order valence-corrected chi connectivity index (χ0v) is 17.5. The number of aliphatic hydroxyl groups is 2. The van der Waals surface area contributed by atoms with Gasteiger partial charge in [-0.2, -0.15) is 0 Å². The van der Waals surface area contributed by atoms with E-state index in [2.05, 4.69) is 0 Å². The summed E-state index contributed by atoms with van der Waals surface area (Å²) in [5, 5.41) is 59.3. The van der Waals surface area contributed by atoms with Crippen molar-refractivity contribution in [2.75, 3.05) is 6.61 Å². The lowest BCUT2D eigenvalue weighted by Gasteiger charge is -2.20. The van der Waals surface area contributed by atoms with Crippen LogP contribution in [-0.2, 0) is 14.3 Å². The van der Waals surface area contributed by atoms with Gasteiger partial charge in [0.15, 0.2) is 29.5 Å². The van der Waals surface area contributed by atoms with E-state index in [0.29, 0.717) is 0 Å². The maximum atomic E-state index is 13.3. The van der Waals surface area contributed by atoms with Gasteiger partial charge in [-0.25, -0.2) is 0 Å². The molecule has 6 N–H and O–H groups in total. The number of ether oxygens (including phenoxy) is 3. The lowest BCUT2D eigenvalue weighted by Crippen LogP contribution is -2.39. The van der Waals surface area contributed by atoms with E-state index in [-0.39, 0.29) is 22.3 Å². The van der Waals surface area contributed by atoms with Crippen LogP contribution in [0.1, 0.15) is 6.92 Å². The molecule has 2 aromatic carbocycles. The Morgan fingerprint density at radius 2 is 1.79 bits per heavy atom. The number of hydrogen-bond acceptors (Lipinski definition) is 12. The van der Waals surface area contributed by atoms with E-state index in [1.54, 1.807) is 0 Å². The summed E-state index contributed by atoms with van der Waals surface area (Å²) in [6.07, 6.45) is -5.69. The van der Waals surface area contributed by atoms with E-state index in [1.807, 2.05) is 0 Å². The summed E-state index contributed by atoms with van der Waals surface area (Å²) < 4.78 is 21.7. The van der Waals surface area contributed by atoms with Gasteiger partial charge in [0.25, 0.3) is 0 Å². The summed E-state index contributed by atoms with van der Waals surface area (Å²) in [5.41, 5.74) is -1.10. The zero-order chi connectivity index (χ0) is 24.7. The first-order valence-electron chi connectivity index (χ1n) is 9.94. The lowest BCUT2D eigenvalue weighted by atomic mass is 10.1. The molecule has 0 bridgehead atoms. The molecule has 2 heterocycles. The van der Waals surface area contributed by atoms with Crippen LogP contribution in [-0.4, -0.2) is 67.8 Å². The molecule has 3 aromatic rings. The molecule has 1 aromatic heterocycles. The van der Waals surface area contributed by atoms with E-state index in [0.717, 1.165) is 31.2 Å². The van der Waals surface area contributed by atoms with Crippen molar-refractivity contribution < 1.29 is 54.1 Å². The van der Waals surface area contributed by atoms with Gasteiger partial charge in [-0.1, -0.05) is 0 Å². The highest BCUT2D eigenvalue weighted by atomic mass is 16.7. The molecule has 0 spiro atoms. The Morgan fingerprint density at radius 3 is 2.44 bits per heavy atom. The Kier molecular flexibility index (Phi) is 5.96. The van der Waals surface area contributed by atoms with Crippen LogP contribution in [0.2, 0.25) is 0 Å². The highest BCUT2D eigenvalue weighted by Gasteiger charge is 2.48. The largest absolute Gasteiger partial charge is 0.508 e. The van der Waals surface area contributed by atoms with Crippen molar-refractivity contribution in [3.63, 3.8) is 0 Å². The topological polar surface area (TPSA) is 196 Å². The summed E-state index contributed by atoms with van der Waals surface area (Å²) in [7, 11) is 0. The van der Waals surface area contributed by atoms with Crippen molar-refractivity contribution in [2.45, 2.75) is 31.5 Å². The molecule has 1 fully saturated rings. The van der Waals surface area contributed by atoms with Crippen LogP contribution in [0.4, 0.5) is 0 Å². The number of carbonyl (C=O) groups is 1. The first-order valence-corrected chi connectivity index (χ1v) is 9.94. The van der Waals surface area contributed by atoms with Gasteiger partial charge in [0.05, 0.1) is 6.61 Å². The van der Waals surface area contributed by atoms with E-state index < -0.39 is 71.4 Å². The summed E-state index contributed by atoms with van der Waals surface area (Å²) in [4.78, 5) is 24.7. The van der Waals surface area contributed by atoms with E-state index >= 15 is 0 Å². The van der Waals surface area contributed by atoms with Crippen molar-refractivity contribution in [1.82, 2.24) is 0 Å². The van der Waals surface area contributed by atoms with Crippen LogP contribution in [0.15, 0.2) is 39.5 Å². The van der Waals surface area contributed by atoms with Gasteiger partial charge in [0, 0.05) is 24.6 Å². The minimum atomic E-state index is -1.62. The fourth-order valence-corrected chi connectivity index (χ4v) is 3.63. The SMILES string of the molecule is CC(=O)O[C@@H]1[C@@H](O)[C@H](Oc2c(-c3ccc(O)c(O)c3)oc3cc(O)cc(O)c3c2=O)O[C@H]1CO. The predicted octanol–water partition coefficient (Wildman–Crippen LogP) is 0.671. The molecule has 1 aliphatic heterocycles. The smallest absolute Gasteiger partial charge is 0.303 e. The molecule has 4 rings (SSSR count). The number of phenolic OH excluding ortho intramolecular Hbond substituents is 4. The van der Waals surface area contributed by atoms with Gasteiger partial charge >= 0.3 is 5.97 Å². The predicted molar refractivity (Wildman–Crippen MR) is 113 cm³/mol. The zero-order valence-electron chi connectivity index (χ0n) is 17.5. The molecule has 0 unspecified atom stereocenters. The number of rotatable bonds is 5. The minimum absolute atomic E-state index is 0.0508. The van der Waals surface area contributed by atoms with E-state index in [9.17, 15) is 40.2 Å². The average molecular weight is 476 g/mol. The van der Waals surface area contributed by atoms with Crippen molar-refractivity contribution in [1.29, 1.82) is 0 Å². The molecule has 1 saturated heterocycles. The minimum Gasteiger partial charge on any atom is -0.508 e. The number of fused-ring (bicyclic) bond motifs is 1. The highest BCUT2D eigenvalue weighted by molar-refractivity contribution is 5.88.